The molecule has 2 fully saturated rings. The zero-order valence-electron chi connectivity index (χ0n) is 19.0. The van der Waals surface area contributed by atoms with Crippen LogP contribution in [0.5, 0.6) is 0 Å². The number of piperidine rings is 1. The smallest absolute Gasteiger partial charge is 0.254 e. The maximum absolute atomic E-state index is 13.8. The number of carbonyl (C=O) groups excluding carboxylic acids is 1. The molecule has 7 heteroatoms. The summed E-state index contributed by atoms with van der Waals surface area (Å²) in [5, 5.41) is 5.26. The Morgan fingerprint density at radius 2 is 1.73 bits per heavy atom. The highest BCUT2D eigenvalue weighted by atomic mass is 16.5. The molecule has 172 valence electrons. The van der Waals surface area contributed by atoms with Crippen molar-refractivity contribution in [1.29, 1.82) is 0 Å². The van der Waals surface area contributed by atoms with Crippen molar-refractivity contribution in [2.24, 2.45) is 0 Å². The molecule has 0 bridgehead atoms. The minimum atomic E-state index is 0.152. The van der Waals surface area contributed by atoms with Crippen molar-refractivity contribution in [3.05, 3.63) is 52.8 Å². The Bertz CT molecular complexity index is 1160. The number of fused-ring (bicyclic) bond motifs is 2. The van der Waals surface area contributed by atoms with Crippen LogP contribution in [-0.4, -0.2) is 52.2 Å². The summed E-state index contributed by atoms with van der Waals surface area (Å²) in [6.07, 6.45) is 7.81. The highest BCUT2D eigenvalue weighted by molar-refractivity contribution is 6.07. The molecule has 0 atom stereocenters. The average molecular weight is 447 g/mol. The molecule has 2 aliphatic heterocycles. The first kappa shape index (κ1) is 20.8. The third kappa shape index (κ3) is 3.92. The number of rotatable bonds is 3. The van der Waals surface area contributed by atoms with Crippen LogP contribution in [0.15, 0.2) is 28.8 Å². The lowest BCUT2D eigenvalue weighted by Crippen LogP contribution is -2.38. The van der Waals surface area contributed by atoms with Crippen LogP contribution in [0.25, 0.3) is 10.9 Å². The zero-order chi connectivity index (χ0) is 22.2. The molecule has 2 aromatic heterocycles. The van der Waals surface area contributed by atoms with Gasteiger partial charge >= 0.3 is 0 Å². The fraction of sp³-hybridized carbons (Fsp3) is 0.538. The molecule has 7 nitrogen and oxygen atoms in total. The van der Waals surface area contributed by atoms with Gasteiger partial charge in [-0.25, -0.2) is 0 Å². The van der Waals surface area contributed by atoms with Crippen LogP contribution < -0.4 is 0 Å². The highest BCUT2D eigenvalue weighted by Gasteiger charge is 2.32. The van der Waals surface area contributed by atoms with Gasteiger partial charge in [0.1, 0.15) is 0 Å². The summed E-state index contributed by atoms with van der Waals surface area (Å²) >= 11 is 0. The second kappa shape index (κ2) is 8.86. The van der Waals surface area contributed by atoms with E-state index in [2.05, 4.69) is 5.16 Å². The van der Waals surface area contributed by atoms with Crippen LogP contribution in [0.2, 0.25) is 0 Å². The van der Waals surface area contributed by atoms with Crippen LogP contribution in [0.3, 0.4) is 0 Å². The van der Waals surface area contributed by atoms with Gasteiger partial charge in [0.15, 0.2) is 5.82 Å². The van der Waals surface area contributed by atoms with Gasteiger partial charge in [-0.3, -0.25) is 9.78 Å². The molecule has 1 aliphatic carbocycles. The Morgan fingerprint density at radius 3 is 2.58 bits per heavy atom. The van der Waals surface area contributed by atoms with E-state index in [1.54, 1.807) is 0 Å². The van der Waals surface area contributed by atoms with Gasteiger partial charge in [-0.2, -0.15) is 4.98 Å². The summed E-state index contributed by atoms with van der Waals surface area (Å²) in [6, 6.07) is 8.09. The van der Waals surface area contributed by atoms with Gasteiger partial charge in [-0.1, -0.05) is 23.4 Å². The van der Waals surface area contributed by atoms with Gasteiger partial charge in [0.25, 0.3) is 5.91 Å². The Balaban J connectivity index is 1.20. The van der Waals surface area contributed by atoms with Crippen molar-refractivity contribution in [2.45, 2.75) is 63.2 Å². The first-order valence-corrected chi connectivity index (χ1v) is 12.4. The largest absolute Gasteiger partial charge is 0.381 e. The highest BCUT2D eigenvalue weighted by Crippen LogP contribution is 2.33. The zero-order valence-corrected chi connectivity index (χ0v) is 19.0. The number of aryl methyl sites for hydroxylation is 1. The summed E-state index contributed by atoms with van der Waals surface area (Å²) in [6.45, 7) is 2.96. The van der Waals surface area contributed by atoms with Crippen molar-refractivity contribution < 1.29 is 14.1 Å². The van der Waals surface area contributed by atoms with Gasteiger partial charge in [0.2, 0.25) is 5.89 Å². The topological polar surface area (TPSA) is 81.4 Å². The molecular formula is C26H30N4O3. The molecule has 0 saturated carbocycles. The molecule has 3 aliphatic rings. The Hall–Kier alpha value is -2.80. The second-order valence-electron chi connectivity index (χ2n) is 9.58. The van der Waals surface area contributed by atoms with Crippen molar-refractivity contribution in [3.63, 3.8) is 0 Å². The van der Waals surface area contributed by atoms with E-state index < -0.39 is 0 Å². The van der Waals surface area contributed by atoms with E-state index in [0.717, 1.165) is 98.5 Å². The Morgan fingerprint density at radius 1 is 0.939 bits per heavy atom. The van der Waals surface area contributed by atoms with E-state index in [-0.39, 0.29) is 11.8 Å². The molecule has 0 spiro atoms. The minimum absolute atomic E-state index is 0.152. The lowest BCUT2D eigenvalue weighted by atomic mass is 9.88. The summed E-state index contributed by atoms with van der Waals surface area (Å²) in [5.41, 5.74) is 4.10. The quantitative estimate of drug-likeness (QED) is 0.593. The van der Waals surface area contributed by atoms with Crippen molar-refractivity contribution in [1.82, 2.24) is 20.0 Å². The summed E-state index contributed by atoms with van der Waals surface area (Å²) in [5.74, 6) is 2.26. The Kier molecular flexibility index (Phi) is 5.58. The van der Waals surface area contributed by atoms with Crippen LogP contribution in [0.1, 0.15) is 83.7 Å². The minimum Gasteiger partial charge on any atom is -0.381 e. The number of nitrogens with zero attached hydrogens (tertiary/aromatic N) is 4. The first-order valence-electron chi connectivity index (χ1n) is 12.4. The van der Waals surface area contributed by atoms with E-state index in [9.17, 15) is 4.79 Å². The van der Waals surface area contributed by atoms with Gasteiger partial charge in [-0.15, -0.1) is 0 Å². The van der Waals surface area contributed by atoms with Crippen LogP contribution in [-0.2, 0) is 17.6 Å². The number of amides is 1. The normalized spacial score (nSPS) is 20.2. The fourth-order valence-corrected chi connectivity index (χ4v) is 5.64. The molecule has 0 N–H and O–H groups in total. The number of aromatic nitrogens is 3. The SMILES string of the molecule is O=C(c1c2c(nc3ccccc13)CCCC2)N1CCC(c2nc(C3CCOCC3)no2)CC1. The number of hydrogen-bond donors (Lipinski definition) is 0. The molecule has 1 amide bonds. The molecule has 33 heavy (non-hydrogen) atoms. The predicted molar refractivity (Wildman–Crippen MR) is 123 cm³/mol. The lowest BCUT2D eigenvalue weighted by molar-refractivity contribution is 0.0705. The third-order valence-electron chi connectivity index (χ3n) is 7.56. The van der Waals surface area contributed by atoms with E-state index in [4.69, 9.17) is 19.2 Å². The van der Waals surface area contributed by atoms with Crippen LogP contribution >= 0.6 is 0 Å². The van der Waals surface area contributed by atoms with E-state index in [1.807, 2.05) is 29.2 Å². The van der Waals surface area contributed by atoms with Crippen LogP contribution in [0.4, 0.5) is 0 Å². The first-order chi connectivity index (χ1) is 16.3. The van der Waals surface area contributed by atoms with Crippen LogP contribution in [0, 0.1) is 0 Å². The molecule has 1 aromatic carbocycles. The summed E-state index contributed by atoms with van der Waals surface area (Å²) in [7, 11) is 0. The number of hydrogen-bond acceptors (Lipinski definition) is 6. The number of para-hydroxylation sites is 1. The molecule has 3 aromatic rings. The van der Waals surface area contributed by atoms with Crippen molar-refractivity contribution >= 4 is 16.8 Å². The van der Waals surface area contributed by atoms with Gasteiger partial charge in [0.05, 0.1) is 11.1 Å². The molecule has 0 radical (unpaired) electrons. The van der Waals surface area contributed by atoms with Crippen molar-refractivity contribution in [3.8, 4) is 0 Å². The fourth-order valence-electron chi connectivity index (χ4n) is 5.64. The average Bonchev–Trinajstić information content (AvgIpc) is 3.38. The van der Waals surface area contributed by atoms with Gasteiger partial charge in [-0.05, 0) is 63.0 Å². The second-order valence-corrected chi connectivity index (χ2v) is 9.58. The number of pyridine rings is 1. The molecule has 6 rings (SSSR count). The summed E-state index contributed by atoms with van der Waals surface area (Å²) < 4.78 is 11.1. The maximum Gasteiger partial charge on any atom is 0.254 e. The Labute approximate surface area is 193 Å². The monoisotopic (exact) mass is 446 g/mol. The van der Waals surface area contributed by atoms with E-state index >= 15 is 0 Å². The molecule has 4 heterocycles. The standard InChI is InChI=1S/C26H30N4O3/c31-26(23-19-5-1-3-7-21(19)27-22-8-4-2-6-20(22)23)30-13-9-18(10-14-30)25-28-24(29-33-25)17-11-15-32-16-12-17/h1,3,5,7,17-18H,2,4,6,8-16H2. The molecule has 2 saturated heterocycles. The maximum atomic E-state index is 13.8. The lowest BCUT2D eigenvalue weighted by Gasteiger charge is -2.32. The number of benzene rings is 1. The van der Waals surface area contributed by atoms with Gasteiger partial charge in [0, 0.05) is 49.2 Å². The number of carbonyl (C=O) groups is 1. The number of ether oxygens (including phenoxy) is 1. The van der Waals surface area contributed by atoms with Gasteiger partial charge < -0.3 is 14.2 Å². The molecule has 0 unspecified atom stereocenters. The van der Waals surface area contributed by atoms with E-state index in [0.29, 0.717) is 19.0 Å². The third-order valence-corrected chi connectivity index (χ3v) is 7.56. The van der Waals surface area contributed by atoms with E-state index in [1.165, 1.54) is 5.56 Å². The predicted octanol–water partition coefficient (Wildman–Crippen LogP) is 4.41. The number of likely N-dealkylation sites (tertiary alicyclic amines) is 1. The summed E-state index contributed by atoms with van der Waals surface area (Å²) in [4.78, 5) is 25.4. The molecular weight excluding hydrogens is 416 g/mol. The van der Waals surface area contributed by atoms with Crippen molar-refractivity contribution in [2.75, 3.05) is 26.3 Å².